The molecule has 1 fully saturated rings. The molecule has 0 saturated carbocycles. The zero-order valence-corrected chi connectivity index (χ0v) is 17.8. The fourth-order valence-corrected chi connectivity index (χ4v) is 2.71. The van der Waals surface area contributed by atoms with Crippen LogP contribution in [0.1, 0.15) is 51.5 Å². The molecule has 2 rings (SSSR count). The first-order valence-electron chi connectivity index (χ1n) is 9.77. The van der Waals surface area contributed by atoms with Gasteiger partial charge in [-0.1, -0.05) is 62.4 Å². The number of ether oxygens (including phenoxy) is 1. The fourth-order valence-electron chi connectivity index (χ4n) is 2.71. The van der Waals surface area contributed by atoms with Crippen molar-refractivity contribution in [1.82, 2.24) is 4.90 Å². The van der Waals surface area contributed by atoms with E-state index in [4.69, 9.17) is 9.84 Å². The van der Waals surface area contributed by atoms with Gasteiger partial charge in [-0.15, -0.1) is 12.4 Å². The first kappa shape index (κ1) is 26.4. The van der Waals surface area contributed by atoms with Crippen LogP contribution in [-0.2, 0) is 15.1 Å². The third kappa shape index (κ3) is 10.7. The molecular formula is C22H34ClNO4. The maximum Gasteiger partial charge on any atom is 0.303 e. The Hall–Kier alpha value is -1.58. The summed E-state index contributed by atoms with van der Waals surface area (Å²) in [7, 11) is 0. The Morgan fingerprint density at radius 1 is 1.18 bits per heavy atom. The van der Waals surface area contributed by atoms with Crippen LogP contribution in [0.2, 0.25) is 0 Å². The quantitative estimate of drug-likeness (QED) is 0.529. The summed E-state index contributed by atoms with van der Waals surface area (Å²) in [6.07, 6.45) is 4.02. The molecule has 1 aromatic carbocycles. The summed E-state index contributed by atoms with van der Waals surface area (Å²) in [5, 5.41) is 18.5. The molecule has 5 nitrogen and oxygen atoms in total. The van der Waals surface area contributed by atoms with Crippen molar-refractivity contribution in [2.24, 2.45) is 0 Å². The van der Waals surface area contributed by atoms with E-state index in [9.17, 15) is 9.90 Å². The van der Waals surface area contributed by atoms with Gasteiger partial charge in [-0.05, 0) is 24.8 Å². The number of carboxylic acid groups (broad SMARTS) is 1. The summed E-state index contributed by atoms with van der Waals surface area (Å²) in [6.45, 7) is 7.63. The van der Waals surface area contributed by atoms with E-state index in [1.54, 1.807) is 6.92 Å². The molecule has 0 amide bonds. The highest BCUT2D eigenvalue weighted by atomic mass is 35.5. The Kier molecular flexibility index (Phi) is 14.5. The summed E-state index contributed by atoms with van der Waals surface area (Å²) in [5.41, 5.74) is 0.360. The number of aliphatic hydroxyl groups is 1. The van der Waals surface area contributed by atoms with Crippen LogP contribution < -0.4 is 0 Å². The minimum Gasteiger partial charge on any atom is -0.481 e. The van der Waals surface area contributed by atoms with Crippen molar-refractivity contribution in [3.05, 3.63) is 35.9 Å². The molecule has 0 bridgehead atoms. The van der Waals surface area contributed by atoms with Crippen molar-refractivity contribution in [2.45, 2.75) is 51.6 Å². The molecule has 6 heteroatoms. The van der Waals surface area contributed by atoms with E-state index in [2.05, 4.69) is 23.7 Å². The maximum absolute atomic E-state index is 10.8. The van der Waals surface area contributed by atoms with Crippen LogP contribution in [0.4, 0.5) is 0 Å². The summed E-state index contributed by atoms with van der Waals surface area (Å²) in [6, 6.07) is 10.00. The molecule has 0 atom stereocenters. The van der Waals surface area contributed by atoms with Crippen LogP contribution in [0, 0.1) is 11.8 Å². The van der Waals surface area contributed by atoms with Crippen molar-refractivity contribution in [1.29, 1.82) is 0 Å². The fraction of sp³-hybridized carbons (Fsp3) is 0.591. The van der Waals surface area contributed by atoms with Crippen molar-refractivity contribution >= 4 is 18.4 Å². The lowest BCUT2D eigenvalue weighted by molar-refractivity contribution is -0.136. The largest absolute Gasteiger partial charge is 0.481 e. The number of carbonyl (C=O) groups is 1. The number of halogens is 1. The number of benzene rings is 1. The third-order valence-electron chi connectivity index (χ3n) is 4.54. The van der Waals surface area contributed by atoms with Gasteiger partial charge in [0.25, 0.3) is 0 Å². The molecule has 0 aliphatic carbocycles. The lowest BCUT2D eigenvalue weighted by Gasteiger charge is -2.37. The van der Waals surface area contributed by atoms with Gasteiger partial charge >= 0.3 is 5.97 Å². The zero-order chi connectivity index (χ0) is 20.0. The number of aliphatic carboxylic acids is 1. The van der Waals surface area contributed by atoms with Crippen molar-refractivity contribution in [3.63, 3.8) is 0 Å². The molecule has 1 saturated heterocycles. The Bertz CT molecular complexity index is 590. The number of likely N-dealkylation sites (tertiary alicyclic amines) is 1. The monoisotopic (exact) mass is 411 g/mol. The molecule has 1 aromatic rings. The second kappa shape index (κ2) is 15.4. The van der Waals surface area contributed by atoms with Gasteiger partial charge < -0.3 is 14.9 Å². The molecule has 1 aliphatic rings. The topological polar surface area (TPSA) is 70.0 Å². The highest BCUT2D eigenvalue weighted by molar-refractivity contribution is 5.85. The van der Waals surface area contributed by atoms with Crippen LogP contribution in [0.3, 0.4) is 0 Å². The highest BCUT2D eigenvalue weighted by Crippen LogP contribution is 2.32. The van der Waals surface area contributed by atoms with Gasteiger partial charge in [0.2, 0.25) is 0 Å². The lowest BCUT2D eigenvalue weighted by Crippen LogP contribution is -2.42. The molecule has 0 unspecified atom stereocenters. The number of unbranched alkanes of at least 4 members (excludes halogenated alkanes) is 1. The minimum atomic E-state index is -0.745. The molecule has 28 heavy (non-hydrogen) atoms. The number of nitrogens with zero attached hydrogens (tertiary/aromatic N) is 1. The number of hydrogen-bond acceptors (Lipinski definition) is 4. The number of carboxylic acids is 1. The predicted octanol–water partition coefficient (Wildman–Crippen LogP) is 3.69. The maximum atomic E-state index is 10.8. The Morgan fingerprint density at radius 2 is 1.79 bits per heavy atom. The summed E-state index contributed by atoms with van der Waals surface area (Å²) >= 11 is 0. The molecule has 2 N–H and O–H groups in total. The van der Waals surface area contributed by atoms with Crippen molar-refractivity contribution in [2.75, 3.05) is 32.8 Å². The first-order valence-corrected chi connectivity index (χ1v) is 9.77. The summed E-state index contributed by atoms with van der Waals surface area (Å²) in [5.74, 6) is 5.49. The number of rotatable bonds is 7. The molecule has 0 spiro atoms. The minimum absolute atomic E-state index is 0. The lowest BCUT2D eigenvalue weighted by atomic mass is 9.84. The summed E-state index contributed by atoms with van der Waals surface area (Å²) in [4.78, 5) is 11.7. The SMILES string of the molecule is CCC(=O)O.CCCCOCC#CCN1CCC(O)(c2ccccc2)CC1.Cl. The molecule has 1 heterocycles. The first-order chi connectivity index (χ1) is 13.0. The normalized spacial score (nSPS) is 15.2. The van der Waals surface area contributed by atoms with E-state index in [0.29, 0.717) is 6.61 Å². The van der Waals surface area contributed by atoms with Gasteiger partial charge in [0.1, 0.15) is 6.61 Å². The average molecular weight is 412 g/mol. The average Bonchev–Trinajstić information content (AvgIpc) is 2.70. The number of piperidine rings is 1. The van der Waals surface area contributed by atoms with Gasteiger partial charge in [-0.2, -0.15) is 0 Å². The van der Waals surface area contributed by atoms with E-state index in [1.165, 1.54) is 0 Å². The van der Waals surface area contributed by atoms with Gasteiger partial charge in [-0.3, -0.25) is 9.69 Å². The van der Waals surface area contributed by atoms with Crippen LogP contribution in [0.25, 0.3) is 0 Å². The number of hydrogen-bond donors (Lipinski definition) is 2. The second-order valence-corrected chi connectivity index (χ2v) is 6.68. The van der Waals surface area contributed by atoms with E-state index >= 15 is 0 Å². The second-order valence-electron chi connectivity index (χ2n) is 6.68. The Balaban J connectivity index is 0.00000108. The molecular weight excluding hydrogens is 378 g/mol. The third-order valence-corrected chi connectivity index (χ3v) is 4.54. The van der Waals surface area contributed by atoms with Gasteiger partial charge in [-0.25, -0.2) is 0 Å². The van der Waals surface area contributed by atoms with Crippen molar-refractivity contribution in [3.8, 4) is 11.8 Å². The van der Waals surface area contributed by atoms with Crippen LogP contribution in [-0.4, -0.2) is 53.9 Å². The Morgan fingerprint density at radius 3 is 2.32 bits per heavy atom. The Labute approximate surface area is 175 Å². The highest BCUT2D eigenvalue weighted by Gasteiger charge is 2.33. The van der Waals surface area contributed by atoms with E-state index in [-0.39, 0.29) is 18.8 Å². The molecule has 1 aliphatic heterocycles. The molecule has 0 radical (unpaired) electrons. The molecule has 0 aromatic heterocycles. The van der Waals surface area contributed by atoms with Crippen molar-refractivity contribution < 1.29 is 19.7 Å². The van der Waals surface area contributed by atoms with Gasteiger partial charge in [0.15, 0.2) is 0 Å². The summed E-state index contributed by atoms with van der Waals surface area (Å²) < 4.78 is 5.42. The smallest absolute Gasteiger partial charge is 0.303 e. The van der Waals surface area contributed by atoms with E-state index < -0.39 is 11.6 Å². The van der Waals surface area contributed by atoms with Crippen LogP contribution >= 0.6 is 12.4 Å². The van der Waals surface area contributed by atoms with Crippen LogP contribution in [0.5, 0.6) is 0 Å². The molecule has 158 valence electrons. The zero-order valence-electron chi connectivity index (χ0n) is 17.0. The predicted molar refractivity (Wildman–Crippen MR) is 115 cm³/mol. The standard InChI is InChI=1S/C19H27NO2.C3H6O2.ClH/c1-2-3-16-22-17-8-7-13-20-14-11-19(21,12-15-20)18-9-5-4-6-10-18;1-2-3(4)5;/h4-6,9-10,21H,2-3,11-17H2,1H3;2H2,1H3,(H,4,5);1H. The van der Waals surface area contributed by atoms with Gasteiger partial charge in [0.05, 0.1) is 12.1 Å². The van der Waals surface area contributed by atoms with E-state index in [0.717, 1.165) is 57.5 Å². The van der Waals surface area contributed by atoms with Crippen LogP contribution in [0.15, 0.2) is 30.3 Å². The van der Waals surface area contributed by atoms with Gasteiger partial charge in [0, 0.05) is 26.1 Å². The van der Waals surface area contributed by atoms with E-state index in [1.807, 2.05) is 30.3 Å².